The predicted molar refractivity (Wildman–Crippen MR) is 74.9 cm³/mol. The molecule has 0 fully saturated rings. The summed E-state index contributed by atoms with van der Waals surface area (Å²) in [5.74, 6) is 6.53. The summed E-state index contributed by atoms with van der Waals surface area (Å²) in [6.07, 6.45) is 7.18. The molecule has 0 spiro atoms. The lowest BCUT2D eigenvalue weighted by Gasteiger charge is -2.16. The van der Waals surface area contributed by atoms with E-state index in [1.165, 1.54) is 0 Å². The third-order valence-electron chi connectivity index (χ3n) is 2.39. The van der Waals surface area contributed by atoms with Crippen LogP contribution in [0.15, 0.2) is 18.7 Å². The van der Waals surface area contributed by atoms with Crippen molar-refractivity contribution in [1.29, 1.82) is 0 Å². The Morgan fingerprint density at radius 2 is 1.94 bits per heavy atom. The number of nitrogens with one attached hydrogen (secondary N) is 1. The molecule has 3 nitrogen and oxygen atoms in total. The van der Waals surface area contributed by atoms with Crippen LogP contribution in [0.25, 0.3) is 0 Å². The summed E-state index contributed by atoms with van der Waals surface area (Å²) in [6, 6.07) is 0.223. The van der Waals surface area contributed by atoms with Gasteiger partial charge in [-0.1, -0.05) is 12.8 Å². The molecule has 1 unspecified atom stereocenters. The fraction of sp³-hybridized carbons (Fsp3) is 0.600. The van der Waals surface area contributed by atoms with Gasteiger partial charge in [-0.05, 0) is 33.7 Å². The quantitative estimate of drug-likeness (QED) is 0.810. The second kappa shape index (κ2) is 7.13. The van der Waals surface area contributed by atoms with Crippen molar-refractivity contribution in [3.63, 3.8) is 0 Å². The highest BCUT2D eigenvalue weighted by Crippen LogP contribution is 2.15. The zero-order valence-electron chi connectivity index (χ0n) is 11.8. The van der Waals surface area contributed by atoms with Gasteiger partial charge in [0, 0.05) is 35.8 Å². The fourth-order valence-electron chi connectivity index (χ4n) is 1.54. The molecule has 1 rings (SSSR count). The van der Waals surface area contributed by atoms with Crippen molar-refractivity contribution < 1.29 is 0 Å². The summed E-state index contributed by atoms with van der Waals surface area (Å²) in [6.45, 7) is 9.52. The van der Waals surface area contributed by atoms with Crippen LogP contribution in [0.4, 0.5) is 0 Å². The van der Waals surface area contributed by atoms with Crippen molar-refractivity contribution >= 4 is 0 Å². The average molecular weight is 245 g/mol. The fourth-order valence-corrected chi connectivity index (χ4v) is 1.54. The number of aromatic nitrogens is 2. The van der Waals surface area contributed by atoms with E-state index in [-0.39, 0.29) is 11.5 Å². The summed E-state index contributed by atoms with van der Waals surface area (Å²) in [4.78, 5) is 8.14. The van der Waals surface area contributed by atoms with Crippen molar-refractivity contribution in [2.75, 3.05) is 6.54 Å². The van der Waals surface area contributed by atoms with E-state index in [0.29, 0.717) is 0 Å². The highest BCUT2D eigenvalue weighted by atomic mass is 14.9. The van der Waals surface area contributed by atoms with Gasteiger partial charge in [0.25, 0.3) is 0 Å². The normalized spacial score (nSPS) is 12.7. The molecule has 98 valence electrons. The first kappa shape index (κ1) is 14.7. The molecule has 0 radical (unpaired) electrons. The van der Waals surface area contributed by atoms with Gasteiger partial charge in [-0.15, -0.1) is 5.92 Å². The van der Waals surface area contributed by atoms with E-state index in [1.807, 2.05) is 12.4 Å². The third kappa shape index (κ3) is 5.79. The van der Waals surface area contributed by atoms with Crippen LogP contribution in [0.2, 0.25) is 0 Å². The minimum absolute atomic E-state index is 0.0580. The first-order valence-corrected chi connectivity index (χ1v) is 6.51. The zero-order chi connectivity index (χ0) is 13.4. The van der Waals surface area contributed by atoms with Crippen LogP contribution < -0.4 is 5.32 Å². The van der Waals surface area contributed by atoms with Crippen LogP contribution in [0.3, 0.4) is 0 Å². The minimum atomic E-state index is 0.0580. The van der Waals surface area contributed by atoms with Gasteiger partial charge in [0.15, 0.2) is 0 Å². The van der Waals surface area contributed by atoms with Crippen LogP contribution in [0.1, 0.15) is 52.1 Å². The van der Waals surface area contributed by atoms with Gasteiger partial charge in [-0.2, -0.15) is 0 Å². The third-order valence-corrected chi connectivity index (χ3v) is 2.39. The Morgan fingerprint density at radius 1 is 1.28 bits per heavy atom. The molecule has 1 heterocycles. The van der Waals surface area contributed by atoms with Gasteiger partial charge in [0.05, 0.1) is 0 Å². The van der Waals surface area contributed by atoms with E-state index in [0.717, 1.165) is 24.9 Å². The average Bonchev–Trinajstić information content (AvgIpc) is 2.33. The zero-order valence-corrected chi connectivity index (χ0v) is 11.8. The summed E-state index contributed by atoms with van der Waals surface area (Å²) in [7, 11) is 0. The molecule has 0 bridgehead atoms. The van der Waals surface area contributed by atoms with Gasteiger partial charge >= 0.3 is 0 Å². The molecule has 0 saturated carbocycles. The Labute approximate surface area is 110 Å². The molecular formula is C15H23N3. The molecule has 1 aromatic heterocycles. The molecule has 3 heteroatoms. The molecule has 0 aromatic carbocycles. The molecule has 1 N–H and O–H groups in total. The maximum Gasteiger partial charge on any atom is 0.115 e. The highest BCUT2D eigenvalue weighted by Gasteiger charge is 2.10. The van der Waals surface area contributed by atoms with E-state index in [1.54, 1.807) is 6.33 Å². The van der Waals surface area contributed by atoms with E-state index in [4.69, 9.17) is 0 Å². The molecule has 0 aliphatic heterocycles. The van der Waals surface area contributed by atoms with Crippen molar-refractivity contribution in [3.8, 4) is 11.8 Å². The Bertz CT molecular complexity index is 395. The first-order chi connectivity index (χ1) is 8.53. The number of rotatable bonds is 5. The van der Waals surface area contributed by atoms with Crippen LogP contribution in [0, 0.1) is 17.3 Å². The van der Waals surface area contributed by atoms with Crippen LogP contribution in [0.5, 0.6) is 0 Å². The minimum Gasteiger partial charge on any atom is -0.309 e. The molecule has 1 aromatic rings. The lowest BCUT2D eigenvalue weighted by Crippen LogP contribution is -2.22. The maximum atomic E-state index is 4.07. The van der Waals surface area contributed by atoms with E-state index >= 15 is 0 Å². The van der Waals surface area contributed by atoms with Crippen molar-refractivity contribution in [2.45, 2.75) is 46.6 Å². The molecule has 0 amide bonds. The van der Waals surface area contributed by atoms with E-state index < -0.39 is 0 Å². The molecule has 0 saturated heterocycles. The summed E-state index contributed by atoms with van der Waals surface area (Å²) in [5.41, 5.74) is 1.16. The maximum absolute atomic E-state index is 4.07. The van der Waals surface area contributed by atoms with Gasteiger partial charge in [-0.25, -0.2) is 9.97 Å². The first-order valence-electron chi connectivity index (χ1n) is 6.51. The molecule has 18 heavy (non-hydrogen) atoms. The van der Waals surface area contributed by atoms with Gasteiger partial charge < -0.3 is 5.32 Å². The van der Waals surface area contributed by atoms with Crippen LogP contribution in [-0.4, -0.2) is 16.5 Å². The van der Waals surface area contributed by atoms with Gasteiger partial charge in [0.2, 0.25) is 0 Å². The van der Waals surface area contributed by atoms with Gasteiger partial charge in [-0.3, -0.25) is 0 Å². The molecular weight excluding hydrogens is 222 g/mol. The highest BCUT2D eigenvalue weighted by molar-refractivity contribution is 5.15. The summed E-state index contributed by atoms with van der Waals surface area (Å²) < 4.78 is 0. The molecule has 0 aliphatic carbocycles. The van der Waals surface area contributed by atoms with E-state index in [9.17, 15) is 0 Å². The van der Waals surface area contributed by atoms with Crippen molar-refractivity contribution in [3.05, 3.63) is 24.3 Å². The lowest BCUT2D eigenvalue weighted by molar-refractivity contribution is 0.535. The topological polar surface area (TPSA) is 37.8 Å². The second-order valence-electron chi connectivity index (χ2n) is 5.43. The Kier molecular flexibility index (Phi) is 5.80. The van der Waals surface area contributed by atoms with Crippen molar-refractivity contribution in [2.24, 2.45) is 5.41 Å². The van der Waals surface area contributed by atoms with Crippen molar-refractivity contribution in [1.82, 2.24) is 15.3 Å². The predicted octanol–water partition coefficient (Wildman–Crippen LogP) is 2.96. The Morgan fingerprint density at radius 3 is 2.50 bits per heavy atom. The Hall–Kier alpha value is -1.40. The van der Waals surface area contributed by atoms with Crippen LogP contribution in [-0.2, 0) is 0 Å². The molecule has 1 atom stereocenters. The largest absolute Gasteiger partial charge is 0.309 e. The summed E-state index contributed by atoms with van der Waals surface area (Å²) in [5, 5.41) is 3.49. The molecule has 0 aliphatic rings. The number of hydrogen-bond acceptors (Lipinski definition) is 3. The van der Waals surface area contributed by atoms with Gasteiger partial charge in [0.1, 0.15) is 6.33 Å². The van der Waals surface area contributed by atoms with E-state index in [2.05, 4.69) is 54.8 Å². The summed E-state index contributed by atoms with van der Waals surface area (Å²) >= 11 is 0. The number of nitrogens with zero attached hydrogens (tertiary/aromatic N) is 2. The lowest BCUT2D eigenvalue weighted by atomic mass is 9.97. The smallest absolute Gasteiger partial charge is 0.115 e. The standard InChI is InChI=1S/C15H23N3/c1-5-9-18-14(7-6-8-15(2,3)4)13-10-16-12-17-11-13/h10-12,14,18H,5,7,9H2,1-4H3. The Balaban J connectivity index is 2.70. The monoisotopic (exact) mass is 245 g/mol. The number of hydrogen-bond donors (Lipinski definition) is 1. The van der Waals surface area contributed by atoms with Crippen LogP contribution >= 0.6 is 0 Å². The second-order valence-corrected chi connectivity index (χ2v) is 5.43. The SMILES string of the molecule is CCCNC(CC#CC(C)(C)C)c1cncnc1.